The van der Waals surface area contributed by atoms with Crippen LogP contribution in [0, 0.1) is 0 Å². The predicted octanol–water partition coefficient (Wildman–Crippen LogP) is -1.23. The molecule has 0 spiro atoms. The molecule has 6 heteroatoms. The molecule has 0 aliphatic carbocycles. The van der Waals surface area contributed by atoms with Gasteiger partial charge in [0, 0.05) is 0 Å². The Balaban J connectivity index is 3.17. The lowest BCUT2D eigenvalue weighted by Crippen LogP contribution is -2.32. The second-order valence-corrected chi connectivity index (χ2v) is 2.47. The first kappa shape index (κ1) is 4.99. The minimum Gasteiger partial charge on any atom is -0.493 e. The Morgan fingerprint density at radius 2 is 2.36 bits per heavy atom. The average molecular weight is 210 g/mol. The first-order valence-corrected chi connectivity index (χ1v) is 3.57. The highest BCUT2D eigenvalue weighted by Gasteiger charge is 2.40. The van der Waals surface area contributed by atoms with Crippen LogP contribution in [0.25, 0.3) is 0 Å². The van der Waals surface area contributed by atoms with E-state index in [0.717, 1.165) is 0 Å². The summed E-state index contributed by atoms with van der Waals surface area (Å²) in [5, 5.41) is 18.2. The smallest absolute Gasteiger partial charge is 0.378 e. The monoisotopic (exact) mass is 210 g/mol. The number of aliphatic hydroxyl groups excluding tert-OH is 2. The van der Waals surface area contributed by atoms with Gasteiger partial charge in [0.15, 0.2) is 11.9 Å². The summed E-state index contributed by atoms with van der Waals surface area (Å²) in [4.78, 5) is 11.5. The molecule has 0 saturated carbocycles. The van der Waals surface area contributed by atoms with Gasteiger partial charge in [0.2, 0.25) is 5.76 Å². The number of hydrogen-bond donors (Lipinski definition) is 2. The van der Waals surface area contributed by atoms with Crippen molar-refractivity contribution in [3.63, 3.8) is 0 Å². The van der Waals surface area contributed by atoms with E-state index in [0.29, 0.717) is 0 Å². The minimum absolute atomic E-state index is 0.798. The Morgan fingerprint density at radius 1 is 1.64 bits per heavy atom. The fourth-order valence-electron chi connectivity index (χ4n) is 0.998. The summed E-state index contributed by atoms with van der Waals surface area (Å²) in [5.41, 5.74) is 0. The molecule has 0 unspecified atom stereocenters. The molecule has 0 bridgehead atoms. The number of cyclic esters (lactones) is 1. The number of carbonyl (C=O) groups is 1. The van der Waals surface area contributed by atoms with Crippen LogP contribution in [0.5, 0.6) is 0 Å². The number of carbonyl (C=O) groups excluding carboxylic acids is 1. The summed E-state index contributed by atoms with van der Waals surface area (Å²) in [6, 6.07) is 0. The van der Waals surface area contributed by atoms with E-state index in [4.69, 9.17) is 13.3 Å². The zero-order valence-corrected chi connectivity index (χ0v) is 6.89. The van der Waals surface area contributed by atoms with Crippen molar-refractivity contribution in [3.05, 3.63) is 11.5 Å². The molecule has 2 N–H and O–H groups in total. The zero-order chi connectivity index (χ0) is 15.7. The molecule has 1 rings (SSSR count). The SMILES string of the molecule is [2H]C([2H])([2H])OC1=C(OC([2H])([2H])[2H])[C@@H]([C@@H](O)CO)OC1=O. The Hall–Kier alpha value is -1.27. The third kappa shape index (κ3) is 1.66. The second-order valence-electron chi connectivity index (χ2n) is 2.47. The van der Waals surface area contributed by atoms with Crippen molar-refractivity contribution in [3.8, 4) is 0 Å². The summed E-state index contributed by atoms with van der Waals surface area (Å²) < 4.78 is 54.8. The summed E-state index contributed by atoms with van der Waals surface area (Å²) >= 11 is 0. The maximum Gasteiger partial charge on any atom is 0.378 e. The lowest BCUT2D eigenvalue weighted by molar-refractivity contribution is -0.148. The lowest BCUT2D eigenvalue weighted by Gasteiger charge is -2.16. The number of rotatable bonds is 4. The molecule has 0 aromatic heterocycles. The van der Waals surface area contributed by atoms with Gasteiger partial charge in [-0.25, -0.2) is 4.79 Å². The van der Waals surface area contributed by atoms with Gasteiger partial charge in [0.1, 0.15) is 6.10 Å². The van der Waals surface area contributed by atoms with Gasteiger partial charge in [0.25, 0.3) is 0 Å². The molecule has 6 nitrogen and oxygen atoms in total. The summed E-state index contributed by atoms with van der Waals surface area (Å²) in [7, 11) is -6.07. The van der Waals surface area contributed by atoms with Crippen molar-refractivity contribution >= 4 is 5.97 Å². The molecule has 0 aromatic rings. The van der Waals surface area contributed by atoms with Crippen LogP contribution in [-0.2, 0) is 19.0 Å². The first-order chi connectivity index (χ1) is 8.94. The summed E-state index contributed by atoms with van der Waals surface area (Å²) in [5.74, 6) is -3.08. The van der Waals surface area contributed by atoms with Gasteiger partial charge in [-0.05, 0) is 0 Å². The van der Waals surface area contributed by atoms with Gasteiger partial charge in [-0.1, -0.05) is 0 Å². The predicted molar refractivity (Wildman–Crippen MR) is 44.0 cm³/mol. The van der Waals surface area contributed by atoms with E-state index in [1.807, 2.05) is 0 Å². The van der Waals surface area contributed by atoms with Crippen LogP contribution in [-0.4, -0.2) is 49.1 Å². The maximum atomic E-state index is 11.5. The topological polar surface area (TPSA) is 85.2 Å². The van der Waals surface area contributed by atoms with Crippen LogP contribution in [0.1, 0.15) is 8.22 Å². The standard InChI is InChI=1S/C8H12O6/c1-12-6-5(4(10)3-9)14-8(11)7(6)13-2/h4-5,9-10H,3H2,1-2H3/t4-,5+/m0/s1/i1D3,2D3. The first-order valence-electron chi connectivity index (χ1n) is 6.57. The largest absolute Gasteiger partial charge is 0.493 e. The van der Waals surface area contributed by atoms with Crippen LogP contribution in [0.15, 0.2) is 11.5 Å². The molecule has 1 aliphatic heterocycles. The quantitative estimate of drug-likeness (QED) is 0.565. The summed E-state index contributed by atoms with van der Waals surface area (Å²) in [6.07, 6.45) is -3.35. The van der Waals surface area contributed by atoms with E-state index in [1.165, 1.54) is 0 Å². The van der Waals surface area contributed by atoms with E-state index in [9.17, 15) is 9.90 Å². The van der Waals surface area contributed by atoms with Crippen molar-refractivity contribution in [2.24, 2.45) is 0 Å². The van der Waals surface area contributed by atoms with Crippen LogP contribution in [0.2, 0.25) is 0 Å². The van der Waals surface area contributed by atoms with Crippen molar-refractivity contribution in [1.29, 1.82) is 0 Å². The number of aliphatic hydroxyl groups is 2. The van der Waals surface area contributed by atoms with Gasteiger partial charge in [-0.15, -0.1) is 0 Å². The number of esters is 1. The average Bonchev–Trinajstić information content (AvgIpc) is 2.52. The third-order valence-corrected chi connectivity index (χ3v) is 1.65. The van der Waals surface area contributed by atoms with Crippen molar-refractivity contribution in [2.75, 3.05) is 20.7 Å². The van der Waals surface area contributed by atoms with Gasteiger partial charge in [0.05, 0.1) is 28.9 Å². The molecule has 2 atom stereocenters. The Morgan fingerprint density at radius 3 is 2.93 bits per heavy atom. The van der Waals surface area contributed by atoms with Crippen molar-refractivity contribution in [1.82, 2.24) is 0 Å². The Labute approximate surface area is 89.1 Å². The molecule has 0 saturated heterocycles. The van der Waals surface area contributed by atoms with Gasteiger partial charge >= 0.3 is 5.97 Å². The molecule has 1 heterocycles. The molecule has 0 aromatic carbocycles. The highest BCUT2D eigenvalue weighted by molar-refractivity contribution is 5.89. The Bertz CT molecular complexity index is 413. The third-order valence-electron chi connectivity index (χ3n) is 1.65. The van der Waals surface area contributed by atoms with Crippen molar-refractivity contribution < 1.29 is 37.4 Å². The Kier molecular flexibility index (Phi) is 1.53. The van der Waals surface area contributed by atoms with Gasteiger partial charge in [-0.3, -0.25) is 0 Å². The number of methoxy groups -OCH3 is 2. The fourth-order valence-corrected chi connectivity index (χ4v) is 0.998. The molecular formula is C8H12O6. The molecule has 80 valence electrons. The summed E-state index contributed by atoms with van der Waals surface area (Å²) in [6.45, 7) is -0.868. The van der Waals surface area contributed by atoms with Crippen LogP contribution in [0.3, 0.4) is 0 Å². The maximum absolute atomic E-state index is 11.5. The highest BCUT2D eigenvalue weighted by atomic mass is 16.6. The fraction of sp³-hybridized carbons (Fsp3) is 0.625. The molecule has 0 radical (unpaired) electrons. The van der Waals surface area contributed by atoms with E-state index in [2.05, 4.69) is 14.2 Å². The van der Waals surface area contributed by atoms with Crippen LogP contribution < -0.4 is 0 Å². The molecular weight excluding hydrogens is 192 g/mol. The van der Waals surface area contributed by atoms with Gasteiger partial charge < -0.3 is 24.4 Å². The van der Waals surface area contributed by atoms with E-state index >= 15 is 0 Å². The van der Waals surface area contributed by atoms with E-state index in [1.54, 1.807) is 0 Å². The molecule has 0 fully saturated rings. The number of ether oxygens (including phenoxy) is 3. The lowest BCUT2D eigenvalue weighted by atomic mass is 10.2. The number of hydrogen-bond acceptors (Lipinski definition) is 6. The molecule has 14 heavy (non-hydrogen) atoms. The van der Waals surface area contributed by atoms with Crippen LogP contribution in [0.4, 0.5) is 0 Å². The highest BCUT2D eigenvalue weighted by Crippen LogP contribution is 2.25. The van der Waals surface area contributed by atoms with E-state index < -0.39 is 50.4 Å². The second kappa shape index (κ2) is 4.30. The molecule has 0 amide bonds. The van der Waals surface area contributed by atoms with E-state index in [-0.39, 0.29) is 0 Å². The minimum atomic E-state index is -3.04. The van der Waals surface area contributed by atoms with Crippen LogP contribution >= 0.6 is 0 Å². The molecule has 1 aliphatic rings. The van der Waals surface area contributed by atoms with Gasteiger partial charge in [-0.2, -0.15) is 0 Å². The van der Waals surface area contributed by atoms with Crippen molar-refractivity contribution in [2.45, 2.75) is 12.2 Å². The zero-order valence-electron chi connectivity index (χ0n) is 12.9. The normalized spacial score (nSPS) is 31.6.